The van der Waals surface area contributed by atoms with Crippen molar-refractivity contribution in [2.24, 2.45) is 0 Å². The third-order valence-corrected chi connectivity index (χ3v) is 7.06. The van der Waals surface area contributed by atoms with Crippen LogP contribution in [0.25, 0.3) is 0 Å². The molecule has 0 fully saturated rings. The molecule has 2 N–H and O–H groups in total. The summed E-state index contributed by atoms with van der Waals surface area (Å²) in [6, 6.07) is 12.8. The molecule has 0 radical (unpaired) electrons. The Labute approximate surface area is 225 Å². The summed E-state index contributed by atoms with van der Waals surface area (Å²) < 4.78 is 63.3. The lowest BCUT2D eigenvalue weighted by Crippen LogP contribution is -2.45. The van der Waals surface area contributed by atoms with E-state index < -0.39 is 39.5 Å². The van der Waals surface area contributed by atoms with E-state index in [4.69, 9.17) is 9.47 Å². The van der Waals surface area contributed by atoms with E-state index in [-0.39, 0.29) is 23.5 Å². The summed E-state index contributed by atoms with van der Waals surface area (Å²) in [7, 11) is -1.00. The second-order valence-electron chi connectivity index (χ2n) is 8.56. The van der Waals surface area contributed by atoms with Crippen LogP contribution in [-0.4, -0.2) is 53.3 Å². The van der Waals surface area contributed by atoms with Crippen LogP contribution in [0, 0.1) is 11.6 Å². The first-order valence-corrected chi connectivity index (χ1v) is 13.6. The molecule has 0 aliphatic heterocycles. The number of amides is 2. The van der Waals surface area contributed by atoms with Crippen molar-refractivity contribution < 1.29 is 36.3 Å². The number of sulfonamides is 1. The first-order chi connectivity index (χ1) is 18.5. The van der Waals surface area contributed by atoms with Gasteiger partial charge in [-0.1, -0.05) is 18.2 Å². The highest BCUT2D eigenvalue weighted by atomic mass is 32.2. The Morgan fingerprint density at radius 2 is 1.64 bits per heavy atom. The highest BCUT2D eigenvalue weighted by molar-refractivity contribution is 7.92. The zero-order chi connectivity index (χ0) is 28.7. The van der Waals surface area contributed by atoms with Crippen LogP contribution < -0.4 is 24.4 Å². The number of benzene rings is 3. The summed E-state index contributed by atoms with van der Waals surface area (Å²) >= 11 is 0. The highest BCUT2D eigenvalue weighted by Crippen LogP contribution is 2.28. The number of hydrogen-bond donors (Lipinski definition) is 2. The Bertz CT molecular complexity index is 1470. The van der Waals surface area contributed by atoms with Gasteiger partial charge in [-0.25, -0.2) is 17.2 Å². The van der Waals surface area contributed by atoms with Crippen molar-refractivity contribution >= 4 is 33.2 Å². The van der Waals surface area contributed by atoms with Crippen molar-refractivity contribution in [1.29, 1.82) is 0 Å². The summed E-state index contributed by atoms with van der Waals surface area (Å²) in [6.45, 7) is 1.58. The first-order valence-electron chi connectivity index (χ1n) is 11.8. The van der Waals surface area contributed by atoms with E-state index in [1.54, 1.807) is 24.3 Å². The van der Waals surface area contributed by atoms with Gasteiger partial charge < -0.3 is 20.1 Å². The largest absolute Gasteiger partial charge is 0.493 e. The van der Waals surface area contributed by atoms with E-state index >= 15 is 0 Å². The van der Waals surface area contributed by atoms with Gasteiger partial charge in [0.05, 0.1) is 37.4 Å². The molecule has 3 rings (SSSR count). The zero-order valence-electron chi connectivity index (χ0n) is 21.8. The third-order valence-electron chi connectivity index (χ3n) is 5.82. The molecule has 12 heteroatoms. The molecule has 0 saturated carbocycles. The van der Waals surface area contributed by atoms with Gasteiger partial charge in [-0.3, -0.25) is 13.9 Å². The number of nitrogens with one attached hydrogen (secondary N) is 2. The van der Waals surface area contributed by atoms with Crippen LogP contribution in [-0.2, 0) is 21.2 Å². The van der Waals surface area contributed by atoms with Crippen molar-refractivity contribution in [3.05, 3.63) is 83.4 Å². The van der Waals surface area contributed by atoms with E-state index in [2.05, 4.69) is 10.6 Å². The second-order valence-corrected chi connectivity index (χ2v) is 10.4. The first kappa shape index (κ1) is 29.4. The molecular weight excluding hydrogens is 532 g/mol. The van der Waals surface area contributed by atoms with Gasteiger partial charge >= 0.3 is 0 Å². The summed E-state index contributed by atoms with van der Waals surface area (Å²) in [6.07, 6.45) is 1.34. The molecule has 2 amide bonds. The molecule has 1 atom stereocenters. The molecule has 3 aromatic rings. The van der Waals surface area contributed by atoms with E-state index in [0.29, 0.717) is 28.3 Å². The molecule has 3 aromatic carbocycles. The van der Waals surface area contributed by atoms with Gasteiger partial charge in [0, 0.05) is 12.6 Å². The maximum atomic E-state index is 13.8. The Balaban J connectivity index is 1.73. The normalized spacial score (nSPS) is 11.8. The summed E-state index contributed by atoms with van der Waals surface area (Å²) in [5.41, 5.74) is 0.988. The predicted molar refractivity (Wildman–Crippen MR) is 144 cm³/mol. The van der Waals surface area contributed by atoms with Crippen molar-refractivity contribution in [3.8, 4) is 11.5 Å². The van der Waals surface area contributed by atoms with E-state index in [1.165, 1.54) is 33.3 Å². The average molecular weight is 562 g/mol. The van der Waals surface area contributed by atoms with E-state index in [9.17, 15) is 26.8 Å². The van der Waals surface area contributed by atoms with Crippen LogP contribution in [0.2, 0.25) is 0 Å². The van der Waals surface area contributed by atoms with Gasteiger partial charge in [0.1, 0.15) is 6.04 Å². The third kappa shape index (κ3) is 7.23. The van der Waals surface area contributed by atoms with Crippen molar-refractivity contribution in [2.75, 3.05) is 36.6 Å². The van der Waals surface area contributed by atoms with Crippen LogP contribution in [0.15, 0.2) is 60.7 Å². The molecule has 0 unspecified atom stereocenters. The Kier molecular flexibility index (Phi) is 9.47. The van der Waals surface area contributed by atoms with Crippen LogP contribution in [0.5, 0.6) is 11.5 Å². The van der Waals surface area contributed by atoms with Gasteiger partial charge in [-0.05, 0) is 55.3 Å². The lowest BCUT2D eigenvalue weighted by molar-refractivity contribution is -0.116. The number of halogens is 2. The van der Waals surface area contributed by atoms with Crippen molar-refractivity contribution in [1.82, 2.24) is 5.32 Å². The number of hydrogen-bond acceptors (Lipinski definition) is 6. The number of rotatable bonds is 11. The molecule has 0 bridgehead atoms. The average Bonchev–Trinajstić information content (AvgIpc) is 2.90. The van der Waals surface area contributed by atoms with E-state index in [0.717, 1.165) is 24.0 Å². The van der Waals surface area contributed by atoms with Crippen molar-refractivity contribution in [2.45, 2.75) is 19.4 Å². The lowest BCUT2D eigenvalue weighted by Gasteiger charge is -2.28. The van der Waals surface area contributed by atoms with Crippen LogP contribution in [0.3, 0.4) is 0 Å². The standard InChI is InChI=1S/C27H29F2N3O6S/c1-17(32(39(4,35)36)19-10-11-21(28)22(29)16-19)26(33)31-23-8-6-5-7-20(23)27(34)30-14-13-18-9-12-24(37-2)25(15-18)38-3/h5-12,15-17H,13-14H2,1-4H3,(H,30,34)(H,31,33)/t17-/m0/s1. The fraction of sp³-hybridized carbons (Fsp3) is 0.259. The fourth-order valence-electron chi connectivity index (χ4n) is 3.91. The number of carbonyl (C=O) groups excluding carboxylic acids is 2. The number of anilines is 2. The minimum Gasteiger partial charge on any atom is -0.493 e. The predicted octanol–water partition coefficient (Wildman–Crippen LogP) is 3.75. The fourth-order valence-corrected chi connectivity index (χ4v) is 5.08. The molecule has 0 spiro atoms. The van der Waals surface area contributed by atoms with Gasteiger partial charge in [0.15, 0.2) is 23.1 Å². The van der Waals surface area contributed by atoms with E-state index in [1.807, 2.05) is 6.07 Å². The second kappa shape index (κ2) is 12.6. The summed E-state index contributed by atoms with van der Waals surface area (Å²) in [4.78, 5) is 26.0. The number of para-hydroxylation sites is 1. The quantitative estimate of drug-likeness (QED) is 0.369. The maximum Gasteiger partial charge on any atom is 0.253 e. The van der Waals surface area contributed by atoms with Gasteiger partial charge in [-0.2, -0.15) is 0 Å². The smallest absolute Gasteiger partial charge is 0.253 e. The molecule has 208 valence electrons. The molecule has 0 saturated heterocycles. The summed E-state index contributed by atoms with van der Waals surface area (Å²) in [5.74, 6) is -2.51. The SMILES string of the molecule is COc1ccc(CCNC(=O)c2ccccc2NC(=O)[C@H](C)N(c2ccc(F)c(F)c2)S(C)(=O)=O)cc1OC. The van der Waals surface area contributed by atoms with Gasteiger partial charge in [-0.15, -0.1) is 0 Å². The molecule has 0 aromatic heterocycles. The Morgan fingerprint density at radius 1 is 0.949 bits per heavy atom. The molecule has 9 nitrogen and oxygen atoms in total. The Morgan fingerprint density at radius 3 is 2.28 bits per heavy atom. The Hall–Kier alpha value is -4.19. The molecule has 0 heterocycles. The zero-order valence-corrected chi connectivity index (χ0v) is 22.6. The summed E-state index contributed by atoms with van der Waals surface area (Å²) in [5, 5.41) is 5.37. The van der Waals surface area contributed by atoms with Crippen LogP contribution in [0.4, 0.5) is 20.2 Å². The number of methoxy groups -OCH3 is 2. The lowest BCUT2D eigenvalue weighted by atomic mass is 10.1. The monoisotopic (exact) mass is 561 g/mol. The molecule has 0 aliphatic rings. The van der Waals surface area contributed by atoms with Crippen LogP contribution >= 0.6 is 0 Å². The molecular formula is C27H29F2N3O6S. The van der Waals surface area contributed by atoms with Gasteiger partial charge in [0.2, 0.25) is 15.9 Å². The topological polar surface area (TPSA) is 114 Å². The maximum absolute atomic E-state index is 13.8. The molecule has 0 aliphatic carbocycles. The minimum atomic E-state index is -4.07. The number of carbonyl (C=O) groups is 2. The molecule has 39 heavy (non-hydrogen) atoms. The number of ether oxygens (including phenoxy) is 2. The van der Waals surface area contributed by atoms with Crippen molar-refractivity contribution in [3.63, 3.8) is 0 Å². The van der Waals surface area contributed by atoms with Crippen LogP contribution in [0.1, 0.15) is 22.8 Å². The highest BCUT2D eigenvalue weighted by Gasteiger charge is 2.30. The number of nitrogens with zero attached hydrogens (tertiary/aromatic N) is 1. The minimum absolute atomic E-state index is 0.150. The van der Waals surface area contributed by atoms with Gasteiger partial charge in [0.25, 0.3) is 5.91 Å².